The van der Waals surface area contributed by atoms with Crippen molar-refractivity contribution in [2.75, 3.05) is 32.7 Å². The van der Waals surface area contributed by atoms with Crippen LogP contribution >= 0.6 is 0 Å². The molecule has 2 amide bonds. The van der Waals surface area contributed by atoms with Crippen molar-refractivity contribution in [3.8, 4) is 0 Å². The van der Waals surface area contributed by atoms with Crippen molar-refractivity contribution in [3.63, 3.8) is 0 Å². The van der Waals surface area contributed by atoms with Gasteiger partial charge in [-0.15, -0.1) is 0 Å². The van der Waals surface area contributed by atoms with Crippen molar-refractivity contribution in [2.45, 2.75) is 32.2 Å². The molecule has 1 atom stereocenters. The minimum atomic E-state index is -0.376. The highest BCUT2D eigenvalue weighted by molar-refractivity contribution is 5.99. The summed E-state index contributed by atoms with van der Waals surface area (Å²) in [6, 6.07) is 7.35. The topological polar surface area (TPSA) is 52.7 Å². The van der Waals surface area contributed by atoms with Crippen LogP contribution in [0.15, 0.2) is 24.3 Å². The van der Waals surface area contributed by atoms with Gasteiger partial charge in [-0.2, -0.15) is 0 Å². The van der Waals surface area contributed by atoms with Crippen LogP contribution < -0.4 is 5.32 Å². The first-order valence-electron chi connectivity index (χ1n) is 8.60. The van der Waals surface area contributed by atoms with E-state index in [-0.39, 0.29) is 17.9 Å². The Labute approximate surface area is 137 Å². The molecule has 1 aromatic rings. The maximum Gasteiger partial charge on any atom is 0.254 e. The molecule has 0 saturated carbocycles. The molecule has 124 valence electrons. The number of hydrogen-bond acceptors (Lipinski definition) is 3. The molecule has 2 heterocycles. The predicted octanol–water partition coefficient (Wildman–Crippen LogP) is 1.29. The third kappa shape index (κ3) is 3.24. The zero-order chi connectivity index (χ0) is 16.2. The normalized spacial score (nSPS) is 21.5. The molecule has 5 nitrogen and oxygen atoms in total. The van der Waals surface area contributed by atoms with E-state index in [4.69, 9.17) is 0 Å². The molecule has 2 aliphatic rings. The number of likely N-dealkylation sites (tertiary alicyclic amines) is 1. The van der Waals surface area contributed by atoms with Crippen molar-refractivity contribution in [2.24, 2.45) is 0 Å². The minimum absolute atomic E-state index is 0.0125. The summed E-state index contributed by atoms with van der Waals surface area (Å²) in [5, 5.41) is 3.26. The second kappa shape index (κ2) is 7.13. The molecule has 0 bridgehead atoms. The maximum atomic E-state index is 13.0. The fourth-order valence-electron chi connectivity index (χ4n) is 3.51. The fourth-order valence-corrected chi connectivity index (χ4v) is 3.51. The average Bonchev–Trinajstić information content (AvgIpc) is 3.15. The fraction of sp³-hybridized carbons (Fsp3) is 0.556. The van der Waals surface area contributed by atoms with Gasteiger partial charge >= 0.3 is 0 Å². The maximum absolute atomic E-state index is 13.0. The van der Waals surface area contributed by atoms with Gasteiger partial charge in [0.2, 0.25) is 5.91 Å². The number of carbonyl (C=O) groups excluding carboxylic acids is 2. The van der Waals surface area contributed by atoms with Crippen molar-refractivity contribution in [1.29, 1.82) is 0 Å². The number of nitrogens with zero attached hydrogens (tertiary/aromatic N) is 2. The van der Waals surface area contributed by atoms with Crippen LogP contribution in [0, 0.1) is 0 Å². The highest BCUT2D eigenvalue weighted by Gasteiger charge is 2.36. The van der Waals surface area contributed by atoms with Gasteiger partial charge in [0.25, 0.3) is 5.91 Å². The molecule has 23 heavy (non-hydrogen) atoms. The Bertz CT molecular complexity index is 581. The van der Waals surface area contributed by atoms with E-state index in [1.165, 1.54) is 0 Å². The van der Waals surface area contributed by atoms with Gasteiger partial charge in [0, 0.05) is 38.3 Å². The highest BCUT2D eigenvalue weighted by atomic mass is 16.2. The second-order valence-corrected chi connectivity index (χ2v) is 6.26. The van der Waals surface area contributed by atoms with E-state index in [1.807, 2.05) is 29.2 Å². The number of aryl methyl sites for hydroxylation is 1. The molecule has 5 heteroatoms. The van der Waals surface area contributed by atoms with Crippen LogP contribution in [0.4, 0.5) is 0 Å². The van der Waals surface area contributed by atoms with Gasteiger partial charge in [-0.1, -0.05) is 25.1 Å². The summed E-state index contributed by atoms with van der Waals surface area (Å²) in [5.41, 5.74) is 1.78. The first-order valence-corrected chi connectivity index (χ1v) is 8.60. The quantitative estimate of drug-likeness (QED) is 0.914. The smallest absolute Gasteiger partial charge is 0.254 e. The molecule has 0 aromatic heterocycles. The monoisotopic (exact) mass is 315 g/mol. The number of nitrogens with one attached hydrogen (secondary N) is 1. The van der Waals surface area contributed by atoms with Crippen molar-refractivity contribution in [3.05, 3.63) is 35.4 Å². The lowest BCUT2D eigenvalue weighted by atomic mass is 10.0. The third-order valence-corrected chi connectivity index (χ3v) is 4.84. The second-order valence-electron chi connectivity index (χ2n) is 6.26. The van der Waals surface area contributed by atoms with Crippen LogP contribution in [-0.4, -0.2) is 60.4 Å². The number of benzene rings is 1. The molecule has 0 aliphatic carbocycles. The predicted molar refractivity (Wildman–Crippen MR) is 89.3 cm³/mol. The molecule has 1 aromatic carbocycles. The summed E-state index contributed by atoms with van der Waals surface area (Å²) in [7, 11) is 0. The van der Waals surface area contributed by atoms with Crippen LogP contribution in [0.2, 0.25) is 0 Å². The van der Waals surface area contributed by atoms with E-state index in [0.717, 1.165) is 50.0 Å². The highest BCUT2D eigenvalue weighted by Crippen LogP contribution is 2.18. The van der Waals surface area contributed by atoms with E-state index in [2.05, 4.69) is 12.2 Å². The molecule has 0 radical (unpaired) electrons. The molecule has 0 spiro atoms. The van der Waals surface area contributed by atoms with E-state index in [0.29, 0.717) is 13.1 Å². The standard InChI is InChI=1S/C18H25N3O2/c1-2-14-7-3-4-8-15(14)17(22)21-12-9-19-13-16(21)18(23)20-10-5-6-11-20/h3-4,7-8,16,19H,2,5-6,9-13H2,1H3/t16-/m1/s1. The Hall–Kier alpha value is -1.88. The van der Waals surface area contributed by atoms with Crippen LogP contribution in [0.5, 0.6) is 0 Å². The Morgan fingerprint density at radius 2 is 1.91 bits per heavy atom. The molecule has 2 fully saturated rings. The van der Waals surface area contributed by atoms with E-state index < -0.39 is 0 Å². The van der Waals surface area contributed by atoms with Gasteiger partial charge in [0.1, 0.15) is 6.04 Å². The molecule has 0 unspecified atom stereocenters. The largest absolute Gasteiger partial charge is 0.341 e. The third-order valence-electron chi connectivity index (χ3n) is 4.84. The average molecular weight is 315 g/mol. The van der Waals surface area contributed by atoms with Gasteiger partial charge in [-0.3, -0.25) is 9.59 Å². The molecular weight excluding hydrogens is 290 g/mol. The summed E-state index contributed by atoms with van der Waals surface area (Å²) in [6.45, 7) is 5.57. The zero-order valence-corrected chi connectivity index (χ0v) is 13.8. The number of amides is 2. The van der Waals surface area contributed by atoms with E-state index >= 15 is 0 Å². The summed E-state index contributed by atoms with van der Waals surface area (Å²) >= 11 is 0. The van der Waals surface area contributed by atoms with Crippen molar-refractivity contribution >= 4 is 11.8 Å². The summed E-state index contributed by atoms with van der Waals surface area (Å²) in [4.78, 5) is 29.5. The van der Waals surface area contributed by atoms with Gasteiger partial charge in [0.05, 0.1) is 0 Å². The summed E-state index contributed by atoms with van der Waals surface area (Å²) < 4.78 is 0. The summed E-state index contributed by atoms with van der Waals surface area (Å²) in [6.07, 6.45) is 2.95. The number of rotatable bonds is 3. The van der Waals surface area contributed by atoms with Gasteiger partial charge < -0.3 is 15.1 Å². The van der Waals surface area contributed by atoms with Crippen molar-refractivity contribution in [1.82, 2.24) is 15.1 Å². The van der Waals surface area contributed by atoms with Crippen LogP contribution in [0.1, 0.15) is 35.7 Å². The van der Waals surface area contributed by atoms with Crippen LogP contribution in [0.25, 0.3) is 0 Å². The van der Waals surface area contributed by atoms with E-state index in [9.17, 15) is 9.59 Å². The molecular formula is C18H25N3O2. The van der Waals surface area contributed by atoms with E-state index in [1.54, 1.807) is 4.90 Å². The number of hydrogen-bond donors (Lipinski definition) is 1. The molecule has 2 saturated heterocycles. The Balaban J connectivity index is 1.83. The van der Waals surface area contributed by atoms with Crippen LogP contribution in [-0.2, 0) is 11.2 Å². The first-order chi connectivity index (χ1) is 11.2. The SMILES string of the molecule is CCc1ccccc1C(=O)N1CCNC[C@@H]1C(=O)N1CCCC1. The molecule has 2 aliphatic heterocycles. The molecule has 3 rings (SSSR count). The van der Waals surface area contributed by atoms with Gasteiger partial charge in [0.15, 0.2) is 0 Å². The van der Waals surface area contributed by atoms with Gasteiger partial charge in [-0.05, 0) is 30.9 Å². The summed E-state index contributed by atoms with van der Waals surface area (Å²) in [5.74, 6) is 0.0820. The number of piperazine rings is 1. The first kappa shape index (κ1) is 16.0. The zero-order valence-electron chi connectivity index (χ0n) is 13.8. The molecule has 1 N–H and O–H groups in total. The minimum Gasteiger partial charge on any atom is -0.341 e. The van der Waals surface area contributed by atoms with Crippen molar-refractivity contribution < 1.29 is 9.59 Å². The Morgan fingerprint density at radius 3 is 2.65 bits per heavy atom. The Kier molecular flexibility index (Phi) is 4.96. The van der Waals surface area contributed by atoms with Gasteiger partial charge in [-0.25, -0.2) is 0 Å². The Morgan fingerprint density at radius 1 is 1.17 bits per heavy atom. The lowest BCUT2D eigenvalue weighted by Gasteiger charge is -2.37. The lowest BCUT2D eigenvalue weighted by Crippen LogP contribution is -2.60. The van der Waals surface area contributed by atoms with Crippen LogP contribution in [0.3, 0.4) is 0 Å². The lowest BCUT2D eigenvalue weighted by molar-refractivity contribution is -0.135. The number of carbonyl (C=O) groups is 2.